The molecule has 1 aromatic carbocycles. The number of halogens is 3. The number of amides is 1. The molecule has 0 atom stereocenters. The van der Waals surface area contributed by atoms with Gasteiger partial charge in [-0.1, -0.05) is 88.8 Å². The van der Waals surface area contributed by atoms with Crippen molar-refractivity contribution in [3.05, 3.63) is 65.4 Å². The molecule has 0 aliphatic heterocycles. The maximum absolute atomic E-state index is 11.8. The Morgan fingerprint density at radius 3 is 2.19 bits per heavy atom. The van der Waals surface area contributed by atoms with Gasteiger partial charge >= 0.3 is 6.85 Å². The fourth-order valence-electron chi connectivity index (χ4n) is 2.39. The third-order valence-electron chi connectivity index (χ3n) is 3.50. The van der Waals surface area contributed by atoms with E-state index in [2.05, 4.69) is 4.90 Å². The standard InChI is InChI=1S/C18H20BCl3N2O2/c1-4-9-13(5-2)19(14-10-7-6-8-11-14)24-16(18(20,21)22)15(12(3)25)17(23)26/h4-11,25H,1-3H3,(H2,23,26)/b9-4-,13-5+,15-12?,24-16?. The molecule has 26 heavy (non-hydrogen) atoms. The molecule has 0 aliphatic carbocycles. The molecule has 0 fully saturated rings. The third-order valence-corrected chi connectivity index (χ3v) is 4.03. The van der Waals surface area contributed by atoms with Gasteiger partial charge in [0.05, 0.1) is 5.71 Å². The maximum Gasteiger partial charge on any atom is 0.344 e. The molecule has 0 spiro atoms. The van der Waals surface area contributed by atoms with E-state index in [1.165, 1.54) is 6.92 Å². The number of carbonyl (C=O) groups is 1. The predicted octanol–water partition coefficient (Wildman–Crippen LogP) is 4.08. The average molecular weight is 414 g/mol. The van der Waals surface area contributed by atoms with Crippen LogP contribution in [0.25, 0.3) is 0 Å². The summed E-state index contributed by atoms with van der Waals surface area (Å²) in [5.74, 6) is -1.31. The number of allylic oxidation sites excluding steroid dienone is 5. The van der Waals surface area contributed by atoms with E-state index in [0.29, 0.717) is 0 Å². The number of hydrogen-bond acceptors (Lipinski definition) is 3. The first-order valence-corrected chi connectivity index (χ1v) is 8.95. The Morgan fingerprint density at radius 1 is 1.23 bits per heavy atom. The Balaban J connectivity index is 3.76. The molecule has 0 aromatic heterocycles. The highest BCUT2D eigenvalue weighted by atomic mass is 35.6. The first kappa shape index (κ1) is 22.4. The molecule has 0 aliphatic rings. The molecular weight excluding hydrogens is 393 g/mol. The lowest BCUT2D eigenvalue weighted by molar-refractivity contribution is -0.114. The van der Waals surface area contributed by atoms with Gasteiger partial charge in [0.25, 0.3) is 5.91 Å². The van der Waals surface area contributed by atoms with Gasteiger partial charge in [-0.15, -0.1) is 0 Å². The van der Waals surface area contributed by atoms with Crippen LogP contribution in [0.2, 0.25) is 0 Å². The van der Waals surface area contributed by atoms with Crippen LogP contribution < -0.4 is 11.2 Å². The van der Waals surface area contributed by atoms with Crippen LogP contribution >= 0.6 is 34.8 Å². The Hall–Kier alpha value is -1.69. The summed E-state index contributed by atoms with van der Waals surface area (Å²) in [4.78, 5) is 16.4. The molecule has 3 N–H and O–H groups in total. The van der Waals surface area contributed by atoms with E-state index in [4.69, 9.17) is 40.5 Å². The molecule has 8 heteroatoms. The van der Waals surface area contributed by atoms with Crippen LogP contribution in [0.1, 0.15) is 20.8 Å². The van der Waals surface area contributed by atoms with Crippen LogP contribution in [0.3, 0.4) is 0 Å². The van der Waals surface area contributed by atoms with Gasteiger partial charge in [-0.2, -0.15) is 0 Å². The van der Waals surface area contributed by atoms with Gasteiger partial charge in [-0.25, -0.2) is 0 Å². The molecular formula is C18H20BCl3N2O2. The van der Waals surface area contributed by atoms with E-state index >= 15 is 0 Å². The van der Waals surface area contributed by atoms with Crippen molar-refractivity contribution in [1.29, 1.82) is 0 Å². The second-order valence-corrected chi connectivity index (χ2v) is 7.68. The number of hydrogen-bond donors (Lipinski definition) is 2. The van der Waals surface area contributed by atoms with Crippen molar-refractivity contribution in [3.8, 4) is 0 Å². The highest BCUT2D eigenvalue weighted by molar-refractivity contribution is 6.84. The number of primary amides is 1. The van der Waals surface area contributed by atoms with E-state index in [1.807, 2.05) is 62.4 Å². The number of aliphatic hydroxyl groups excluding tert-OH is 1. The summed E-state index contributed by atoms with van der Waals surface area (Å²) in [6.07, 6.45) is 5.60. The summed E-state index contributed by atoms with van der Waals surface area (Å²) in [7, 11) is 0. The molecule has 0 heterocycles. The molecule has 0 saturated heterocycles. The topological polar surface area (TPSA) is 75.7 Å². The van der Waals surface area contributed by atoms with Crippen LogP contribution in [0.5, 0.6) is 0 Å². The van der Waals surface area contributed by atoms with E-state index in [-0.39, 0.29) is 17.0 Å². The van der Waals surface area contributed by atoms with Crippen LogP contribution in [-0.2, 0) is 4.79 Å². The van der Waals surface area contributed by atoms with Crippen molar-refractivity contribution in [2.75, 3.05) is 0 Å². The lowest BCUT2D eigenvalue weighted by Crippen LogP contribution is -2.37. The van der Waals surface area contributed by atoms with Gasteiger partial charge in [-0.3, -0.25) is 4.79 Å². The Labute approximate surface area is 169 Å². The van der Waals surface area contributed by atoms with Crippen molar-refractivity contribution < 1.29 is 9.90 Å². The zero-order valence-electron chi connectivity index (χ0n) is 14.7. The lowest BCUT2D eigenvalue weighted by Gasteiger charge is -2.20. The minimum absolute atomic E-state index is 0.215. The predicted molar refractivity (Wildman–Crippen MR) is 113 cm³/mol. The van der Waals surface area contributed by atoms with E-state index < -0.39 is 16.5 Å². The molecule has 4 nitrogen and oxygen atoms in total. The van der Waals surface area contributed by atoms with E-state index in [9.17, 15) is 9.90 Å². The SMILES string of the molecule is C/C=C\C(=C/C)B(N=C(C(C(N)=O)=C(C)O)C(Cl)(Cl)Cl)c1ccccc1. The number of nitrogens with two attached hydrogens (primary N) is 1. The quantitative estimate of drug-likeness (QED) is 0.184. The van der Waals surface area contributed by atoms with Gasteiger partial charge in [-0.05, 0) is 26.2 Å². The number of carbonyl (C=O) groups excluding carboxylic acids is 1. The average Bonchev–Trinajstić information content (AvgIpc) is 2.55. The zero-order valence-corrected chi connectivity index (χ0v) is 17.0. The van der Waals surface area contributed by atoms with Crippen molar-refractivity contribution in [2.24, 2.45) is 10.6 Å². The number of aliphatic hydroxyl groups is 1. The molecule has 0 bridgehead atoms. The third kappa shape index (κ3) is 5.94. The lowest BCUT2D eigenvalue weighted by atomic mass is 9.50. The monoisotopic (exact) mass is 412 g/mol. The summed E-state index contributed by atoms with van der Waals surface area (Å²) >= 11 is 18.1. The Morgan fingerprint density at radius 2 is 1.81 bits per heavy atom. The summed E-state index contributed by atoms with van der Waals surface area (Å²) in [5, 5.41) is 9.89. The van der Waals surface area contributed by atoms with Crippen molar-refractivity contribution in [3.63, 3.8) is 0 Å². The second kappa shape index (κ2) is 9.86. The second-order valence-electron chi connectivity index (χ2n) is 5.40. The summed E-state index contributed by atoms with van der Waals surface area (Å²) in [6, 6.07) is 9.33. The Bertz CT molecular complexity index is 762. The number of rotatable bonds is 6. The van der Waals surface area contributed by atoms with Crippen LogP contribution in [0, 0.1) is 0 Å². The van der Waals surface area contributed by atoms with E-state index in [1.54, 1.807) is 0 Å². The first-order valence-electron chi connectivity index (χ1n) is 7.82. The first-order chi connectivity index (χ1) is 12.1. The fraction of sp³-hybridized carbons (Fsp3) is 0.222. The largest absolute Gasteiger partial charge is 0.512 e. The Kier molecular flexibility index (Phi) is 8.48. The number of nitrogens with zero attached hydrogens (tertiary/aromatic N) is 1. The minimum atomic E-state index is -2.06. The van der Waals surface area contributed by atoms with Gasteiger partial charge in [0, 0.05) is 0 Å². The molecule has 0 radical (unpaired) electrons. The van der Waals surface area contributed by atoms with E-state index in [0.717, 1.165) is 10.9 Å². The number of alkyl halides is 3. The maximum atomic E-state index is 11.8. The van der Waals surface area contributed by atoms with Crippen LogP contribution in [0.15, 0.2) is 70.3 Å². The minimum Gasteiger partial charge on any atom is -0.512 e. The molecule has 0 saturated carbocycles. The normalized spacial score (nSPS) is 14.4. The molecule has 1 rings (SSSR count). The molecule has 0 unspecified atom stereocenters. The van der Waals surface area contributed by atoms with Crippen molar-refractivity contribution >= 4 is 58.7 Å². The molecule has 1 amide bonds. The van der Waals surface area contributed by atoms with Gasteiger partial charge in [0.1, 0.15) is 11.3 Å². The highest BCUT2D eigenvalue weighted by Gasteiger charge is 2.36. The van der Waals surface area contributed by atoms with Crippen molar-refractivity contribution in [2.45, 2.75) is 24.6 Å². The van der Waals surface area contributed by atoms with Gasteiger partial charge < -0.3 is 15.7 Å². The van der Waals surface area contributed by atoms with Crippen LogP contribution in [-0.4, -0.2) is 27.4 Å². The fourth-order valence-corrected chi connectivity index (χ4v) is 2.82. The summed E-state index contributed by atoms with van der Waals surface area (Å²) in [6.45, 7) is 4.46. The van der Waals surface area contributed by atoms with Gasteiger partial charge in [0.2, 0.25) is 3.79 Å². The smallest absolute Gasteiger partial charge is 0.344 e. The van der Waals surface area contributed by atoms with Gasteiger partial charge in [0.15, 0.2) is 0 Å². The highest BCUT2D eigenvalue weighted by Crippen LogP contribution is 2.32. The van der Waals surface area contributed by atoms with Crippen LogP contribution in [0.4, 0.5) is 0 Å². The zero-order chi connectivity index (χ0) is 19.9. The molecule has 138 valence electrons. The number of benzene rings is 1. The van der Waals surface area contributed by atoms with Crippen molar-refractivity contribution in [1.82, 2.24) is 0 Å². The molecule has 1 aromatic rings. The summed E-state index contributed by atoms with van der Waals surface area (Å²) in [5.41, 5.74) is 6.49. The summed E-state index contributed by atoms with van der Waals surface area (Å²) < 4.78 is -2.06.